The molecule has 1 aromatic carbocycles. The molecule has 1 aliphatic heterocycles. The summed E-state index contributed by atoms with van der Waals surface area (Å²) in [6.07, 6.45) is 4.73. The third kappa shape index (κ3) is 3.29. The molecule has 4 heterocycles. The summed E-state index contributed by atoms with van der Waals surface area (Å²) >= 11 is 1.68. The van der Waals surface area contributed by atoms with Gasteiger partial charge in [-0.3, -0.25) is 0 Å². The van der Waals surface area contributed by atoms with Crippen molar-refractivity contribution >= 4 is 27.4 Å². The number of nitrogens with zero attached hydrogens (tertiary/aromatic N) is 5. The molecule has 5 rings (SSSR count). The highest BCUT2D eigenvalue weighted by atomic mass is 32.1. The monoisotopic (exact) mass is 377 g/mol. The average molecular weight is 377 g/mol. The lowest BCUT2D eigenvalue weighted by atomic mass is 10.2. The van der Waals surface area contributed by atoms with Crippen LogP contribution in [-0.4, -0.2) is 38.1 Å². The van der Waals surface area contributed by atoms with Gasteiger partial charge in [0.2, 0.25) is 0 Å². The molecule has 1 fully saturated rings. The first-order chi connectivity index (χ1) is 13.4. The number of fused-ring (bicyclic) bond motifs is 1. The Morgan fingerprint density at radius 1 is 1.22 bits per heavy atom. The Balaban J connectivity index is 1.36. The maximum atomic E-state index is 4.43. The van der Waals surface area contributed by atoms with Crippen LogP contribution < -0.4 is 10.6 Å². The summed E-state index contributed by atoms with van der Waals surface area (Å²) in [4.78, 5) is 11.0. The number of anilines is 1. The second kappa shape index (κ2) is 7.05. The van der Waals surface area contributed by atoms with Crippen molar-refractivity contribution in [3.05, 3.63) is 54.6 Å². The molecule has 3 aromatic heterocycles. The van der Waals surface area contributed by atoms with Gasteiger partial charge in [-0.1, -0.05) is 35.5 Å². The van der Waals surface area contributed by atoms with Crippen molar-refractivity contribution in [1.29, 1.82) is 0 Å². The first kappa shape index (κ1) is 16.3. The molecule has 0 bridgehead atoms. The summed E-state index contributed by atoms with van der Waals surface area (Å²) in [5.41, 5.74) is 2.10. The lowest BCUT2D eigenvalue weighted by Crippen LogP contribution is -2.13. The number of thiophene rings is 1. The highest BCUT2D eigenvalue weighted by Crippen LogP contribution is 2.34. The van der Waals surface area contributed by atoms with Crippen LogP contribution in [-0.2, 0) is 6.54 Å². The van der Waals surface area contributed by atoms with Gasteiger partial charge in [-0.05, 0) is 24.6 Å². The minimum Gasteiger partial charge on any atom is -0.364 e. The fourth-order valence-electron chi connectivity index (χ4n) is 3.35. The first-order valence-corrected chi connectivity index (χ1v) is 9.84. The van der Waals surface area contributed by atoms with E-state index >= 15 is 0 Å². The number of hydrogen-bond donors (Lipinski definition) is 2. The van der Waals surface area contributed by atoms with E-state index in [0.717, 1.165) is 41.2 Å². The summed E-state index contributed by atoms with van der Waals surface area (Å²) in [6, 6.07) is 12.9. The van der Waals surface area contributed by atoms with Gasteiger partial charge in [0.1, 0.15) is 22.7 Å². The zero-order valence-corrected chi connectivity index (χ0v) is 15.5. The second-order valence-electron chi connectivity index (χ2n) is 6.61. The molecule has 27 heavy (non-hydrogen) atoms. The Labute approximate surface area is 160 Å². The molecule has 7 nitrogen and oxygen atoms in total. The van der Waals surface area contributed by atoms with E-state index in [4.69, 9.17) is 0 Å². The van der Waals surface area contributed by atoms with Crippen LogP contribution in [0.5, 0.6) is 0 Å². The van der Waals surface area contributed by atoms with Gasteiger partial charge in [-0.2, -0.15) is 0 Å². The van der Waals surface area contributed by atoms with Crippen molar-refractivity contribution in [2.75, 3.05) is 18.4 Å². The molecule has 0 aliphatic carbocycles. The highest BCUT2D eigenvalue weighted by molar-refractivity contribution is 7.21. The topological polar surface area (TPSA) is 80.5 Å². The quantitative estimate of drug-likeness (QED) is 0.556. The summed E-state index contributed by atoms with van der Waals surface area (Å²) in [6.45, 7) is 2.58. The number of aromatic nitrogens is 5. The zero-order chi connectivity index (χ0) is 18.1. The molecule has 0 saturated carbocycles. The van der Waals surface area contributed by atoms with Crippen molar-refractivity contribution in [2.45, 2.75) is 19.0 Å². The average Bonchev–Trinajstić information content (AvgIpc) is 3.47. The van der Waals surface area contributed by atoms with Crippen molar-refractivity contribution in [3.8, 4) is 10.4 Å². The summed E-state index contributed by atoms with van der Waals surface area (Å²) in [5, 5.41) is 16.3. The van der Waals surface area contributed by atoms with E-state index in [9.17, 15) is 0 Å². The summed E-state index contributed by atoms with van der Waals surface area (Å²) < 4.78 is 1.96. The van der Waals surface area contributed by atoms with E-state index < -0.39 is 0 Å². The van der Waals surface area contributed by atoms with E-state index in [1.165, 1.54) is 10.4 Å². The molecule has 136 valence electrons. The minimum absolute atomic E-state index is 0.405. The SMILES string of the molecule is c1ccc(-c2cc3c(NCc4cn(C5CCNC5)nn4)ncnc3s2)cc1. The Morgan fingerprint density at radius 2 is 2.15 bits per heavy atom. The van der Waals surface area contributed by atoms with Crippen LogP contribution >= 0.6 is 11.3 Å². The molecule has 4 aromatic rings. The van der Waals surface area contributed by atoms with Gasteiger partial charge in [-0.25, -0.2) is 14.6 Å². The van der Waals surface area contributed by atoms with Crippen LogP contribution in [0.1, 0.15) is 18.2 Å². The predicted molar refractivity (Wildman–Crippen MR) is 107 cm³/mol. The molecule has 2 N–H and O–H groups in total. The van der Waals surface area contributed by atoms with Gasteiger partial charge in [0, 0.05) is 11.4 Å². The Hall–Kier alpha value is -2.84. The second-order valence-corrected chi connectivity index (χ2v) is 7.64. The number of benzene rings is 1. The fraction of sp³-hybridized carbons (Fsp3) is 0.263. The van der Waals surface area contributed by atoms with E-state index in [-0.39, 0.29) is 0 Å². The number of rotatable bonds is 5. The normalized spacial score (nSPS) is 16.8. The molecule has 8 heteroatoms. The molecule has 1 atom stereocenters. The van der Waals surface area contributed by atoms with Crippen LogP contribution in [0.3, 0.4) is 0 Å². The van der Waals surface area contributed by atoms with Gasteiger partial charge in [0.05, 0.1) is 24.2 Å². The maximum Gasteiger partial charge on any atom is 0.138 e. The molecule has 0 radical (unpaired) electrons. The minimum atomic E-state index is 0.405. The van der Waals surface area contributed by atoms with Crippen molar-refractivity contribution in [3.63, 3.8) is 0 Å². The Kier molecular flexibility index (Phi) is 4.27. The van der Waals surface area contributed by atoms with Crippen molar-refractivity contribution in [1.82, 2.24) is 30.3 Å². The van der Waals surface area contributed by atoms with E-state index in [1.54, 1.807) is 17.7 Å². The van der Waals surface area contributed by atoms with Crippen LogP contribution in [0.2, 0.25) is 0 Å². The Morgan fingerprint density at radius 3 is 3.00 bits per heavy atom. The van der Waals surface area contributed by atoms with E-state index in [1.807, 2.05) is 29.1 Å². The molecule has 0 spiro atoms. The molecule has 1 saturated heterocycles. The summed E-state index contributed by atoms with van der Waals surface area (Å²) in [5.74, 6) is 0.829. The number of hydrogen-bond acceptors (Lipinski definition) is 7. The highest BCUT2D eigenvalue weighted by Gasteiger charge is 2.18. The molecular weight excluding hydrogens is 358 g/mol. The Bertz CT molecular complexity index is 1050. The number of nitrogens with one attached hydrogen (secondary N) is 2. The molecule has 1 aliphatic rings. The maximum absolute atomic E-state index is 4.43. The third-order valence-corrected chi connectivity index (χ3v) is 5.88. The molecular formula is C19H19N7S. The van der Waals surface area contributed by atoms with Crippen molar-refractivity contribution in [2.24, 2.45) is 0 Å². The summed E-state index contributed by atoms with van der Waals surface area (Å²) in [7, 11) is 0. The fourth-order valence-corrected chi connectivity index (χ4v) is 4.36. The van der Waals surface area contributed by atoms with Gasteiger partial charge in [0.15, 0.2) is 0 Å². The van der Waals surface area contributed by atoms with Gasteiger partial charge < -0.3 is 10.6 Å². The van der Waals surface area contributed by atoms with Crippen molar-refractivity contribution < 1.29 is 0 Å². The standard InChI is InChI=1S/C19H19N7S/c1-2-4-13(5-3-1)17-8-16-18(22-12-23-19(16)27-17)21-9-14-11-26(25-24-14)15-6-7-20-10-15/h1-5,8,11-12,15,20H,6-7,9-10H2,(H,21,22,23). The predicted octanol–water partition coefficient (Wildman–Crippen LogP) is 3.10. The smallest absolute Gasteiger partial charge is 0.138 e. The lowest BCUT2D eigenvalue weighted by molar-refractivity contribution is 0.476. The molecule has 0 amide bonds. The third-order valence-electron chi connectivity index (χ3n) is 4.79. The van der Waals surface area contributed by atoms with E-state index in [0.29, 0.717) is 12.6 Å². The lowest BCUT2D eigenvalue weighted by Gasteiger charge is -2.06. The zero-order valence-electron chi connectivity index (χ0n) is 14.7. The van der Waals surface area contributed by atoms with Gasteiger partial charge in [-0.15, -0.1) is 16.4 Å². The van der Waals surface area contributed by atoms with Crippen LogP contribution in [0.4, 0.5) is 5.82 Å². The van der Waals surface area contributed by atoms with Crippen LogP contribution in [0.25, 0.3) is 20.7 Å². The van der Waals surface area contributed by atoms with Gasteiger partial charge in [0.25, 0.3) is 0 Å². The van der Waals surface area contributed by atoms with Crippen LogP contribution in [0, 0.1) is 0 Å². The van der Waals surface area contributed by atoms with Gasteiger partial charge >= 0.3 is 0 Å². The van der Waals surface area contributed by atoms with Crippen LogP contribution in [0.15, 0.2) is 48.9 Å². The first-order valence-electron chi connectivity index (χ1n) is 9.02. The largest absolute Gasteiger partial charge is 0.364 e. The van der Waals surface area contributed by atoms with E-state index in [2.05, 4.69) is 49.1 Å². The molecule has 1 unspecified atom stereocenters.